The highest BCUT2D eigenvalue weighted by Gasteiger charge is 2.13. The molecule has 0 radical (unpaired) electrons. The molecule has 6 nitrogen and oxygen atoms in total. The van der Waals surface area contributed by atoms with Gasteiger partial charge in [0.2, 0.25) is 5.95 Å². The van der Waals surface area contributed by atoms with Crippen molar-refractivity contribution in [3.63, 3.8) is 0 Å². The summed E-state index contributed by atoms with van der Waals surface area (Å²) in [6.07, 6.45) is 3.89. The van der Waals surface area contributed by atoms with Crippen LogP contribution in [0.4, 0.5) is 11.6 Å². The van der Waals surface area contributed by atoms with Crippen molar-refractivity contribution in [1.82, 2.24) is 19.9 Å². The van der Waals surface area contributed by atoms with E-state index in [-0.39, 0.29) is 5.95 Å². The summed E-state index contributed by atoms with van der Waals surface area (Å²) in [6, 6.07) is 2.09. The van der Waals surface area contributed by atoms with E-state index in [1.807, 2.05) is 20.2 Å². The summed E-state index contributed by atoms with van der Waals surface area (Å²) in [7, 11) is 1.91. The minimum atomic E-state index is 0.285. The number of anilines is 2. The maximum atomic E-state index is 5.71. The number of rotatable bonds is 4. The van der Waals surface area contributed by atoms with Gasteiger partial charge in [-0.2, -0.15) is 0 Å². The van der Waals surface area contributed by atoms with Crippen molar-refractivity contribution in [2.45, 2.75) is 26.7 Å². The first kappa shape index (κ1) is 14.6. The molecular formula is C15H18N6S. The lowest BCUT2D eigenvalue weighted by atomic mass is 10.1. The molecule has 0 spiro atoms. The molecule has 0 bridgehead atoms. The predicted molar refractivity (Wildman–Crippen MR) is 91.1 cm³/mol. The lowest BCUT2D eigenvalue weighted by molar-refractivity contribution is 0.884. The number of hydrogen-bond acceptors (Lipinski definition) is 7. The van der Waals surface area contributed by atoms with Crippen molar-refractivity contribution in [1.29, 1.82) is 0 Å². The summed E-state index contributed by atoms with van der Waals surface area (Å²) in [5.74, 6) is 0.285. The number of pyridine rings is 1. The largest absolute Gasteiger partial charge is 0.387 e. The van der Waals surface area contributed by atoms with E-state index in [4.69, 9.17) is 5.73 Å². The number of nitrogens with two attached hydrogens (primary N) is 1. The van der Waals surface area contributed by atoms with E-state index in [2.05, 4.69) is 38.2 Å². The van der Waals surface area contributed by atoms with Crippen molar-refractivity contribution in [3.8, 4) is 10.6 Å². The number of hydrogen-bond donors (Lipinski definition) is 2. The molecule has 0 atom stereocenters. The molecule has 3 N–H and O–H groups in total. The molecule has 0 aliphatic heterocycles. The van der Waals surface area contributed by atoms with Crippen LogP contribution in [0.1, 0.15) is 24.7 Å². The monoisotopic (exact) mass is 314 g/mol. The number of aromatic nitrogens is 4. The highest BCUT2D eigenvalue weighted by Crippen LogP contribution is 2.32. The summed E-state index contributed by atoms with van der Waals surface area (Å²) < 4.78 is 0. The highest BCUT2D eigenvalue weighted by molar-refractivity contribution is 7.21. The second-order valence-electron chi connectivity index (χ2n) is 5.06. The van der Waals surface area contributed by atoms with Gasteiger partial charge in [0, 0.05) is 18.8 Å². The van der Waals surface area contributed by atoms with Gasteiger partial charge in [-0.1, -0.05) is 24.7 Å². The smallest absolute Gasteiger partial charge is 0.221 e. The Hall–Kier alpha value is -2.28. The number of nitrogen functional groups attached to an aromatic ring is 1. The van der Waals surface area contributed by atoms with E-state index < -0.39 is 0 Å². The van der Waals surface area contributed by atoms with E-state index >= 15 is 0 Å². The van der Waals surface area contributed by atoms with E-state index in [1.54, 1.807) is 0 Å². The van der Waals surface area contributed by atoms with Crippen molar-refractivity contribution < 1.29 is 0 Å². The Morgan fingerprint density at radius 3 is 2.82 bits per heavy atom. The third kappa shape index (κ3) is 2.59. The fourth-order valence-corrected chi connectivity index (χ4v) is 3.34. The van der Waals surface area contributed by atoms with Crippen molar-refractivity contribution in [2.75, 3.05) is 18.1 Å². The van der Waals surface area contributed by atoms with Gasteiger partial charge >= 0.3 is 0 Å². The van der Waals surface area contributed by atoms with Gasteiger partial charge in [0.05, 0.1) is 17.1 Å². The van der Waals surface area contributed by atoms with Gasteiger partial charge in [-0.15, -0.1) is 0 Å². The van der Waals surface area contributed by atoms with Crippen LogP contribution in [-0.2, 0) is 6.42 Å². The maximum Gasteiger partial charge on any atom is 0.221 e. The van der Waals surface area contributed by atoms with Crippen LogP contribution in [-0.4, -0.2) is 27.0 Å². The molecule has 22 heavy (non-hydrogen) atoms. The maximum absolute atomic E-state index is 5.71. The van der Waals surface area contributed by atoms with Gasteiger partial charge in [0.1, 0.15) is 15.4 Å². The fraction of sp³-hybridized carbons (Fsp3) is 0.333. The minimum absolute atomic E-state index is 0.285. The fourth-order valence-electron chi connectivity index (χ4n) is 2.36. The average Bonchev–Trinajstić information content (AvgIpc) is 2.92. The summed E-state index contributed by atoms with van der Waals surface area (Å²) in [5, 5.41) is 4.09. The van der Waals surface area contributed by atoms with Crippen LogP contribution < -0.4 is 11.1 Å². The predicted octanol–water partition coefficient (Wildman–Crippen LogP) is 3.03. The first-order chi connectivity index (χ1) is 10.6. The Kier molecular flexibility index (Phi) is 3.89. The summed E-state index contributed by atoms with van der Waals surface area (Å²) >= 11 is 1.51. The topological polar surface area (TPSA) is 89.6 Å². The lowest BCUT2D eigenvalue weighted by Crippen LogP contribution is -1.99. The molecule has 0 aliphatic rings. The Bertz CT molecular complexity index is 826. The Morgan fingerprint density at radius 1 is 1.27 bits per heavy atom. The Labute approximate surface area is 132 Å². The van der Waals surface area contributed by atoms with Crippen LogP contribution in [0, 0.1) is 6.92 Å². The molecular weight excluding hydrogens is 296 g/mol. The number of nitrogens with zero attached hydrogens (tertiary/aromatic N) is 4. The molecule has 114 valence electrons. The highest BCUT2D eigenvalue weighted by atomic mass is 32.1. The Morgan fingerprint density at radius 2 is 2.09 bits per heavy atom. The standard InChI is InChI=1S/C15H18N6S/c1-4-5-10-11(17-3)6-9(7-18-10)13-20-12-8(2)19-15(16)21-14(12)22-13/h6-7,17H,4-5H2,1-3H3,(H2,16,19,21). The van der Waals surface area contributed by atoms with Crippen LogP contribution >= 0.6 is 11.3 Å². The second kappa shape index (κ2) is 5.84. The van der Waals surface area contributed by atoms with Crippen molar-refractivity contribution in [2.24, 2.45) is 0 Å². The average molecular weight is 314 g/mol. The van der Waals surface area contributed by atoms with Gasteiger partial charge in [0.15, 0.2) is 0 Å². The van der Waals surface area contributed by atoms with Gasteiger partial charge < -0.3 is 11.1 Å². The SMILES string of the molecule is CCCc1ncc(-c2nc3c(C)nc(N)nc3s2)cc1NC. The van der Waals surface area contributed by atoms with Crippen LogP contribution in [0.3, 0.4) is 0 Å². The number of nitrogens with one attached hydrogen (secondary N) is 1. The molecule has 0 aromatic carbocycles. The lowest BCUT2D eigenvalue weighted by Gasteiger charge is -2.08. The van der Waals surface area contributed by atoms with Crippen LogP contribution in [0.25, 0.3) is 20.9 Å². The molecule has 3 aromatic heterocycles. The molecule has 3 aromatic rings. The van der Waals surface area contributed by atoms with Crippen molar-refractivity contribution >= 4 is 33.3 Å². The molecule has 0 saturated heterocycles. The van der Waals surface area contributed by atoms with E-state index in [0.29, 0.717) is 0 Å². The Balaban J connectivity index is 2.09. The van der Waals surface area contributed by atoms with Crippen LogP contribution in [0.2, 0.25) is 0 Å². The zero-order valence-corrected chi connectivity index (χ0v) is 13.7. The van der Waals surface area contributed by atoms with Gasteiger partial charge in [-0.25, -0.2) is 15.0 Å². The number of thiazole rings is 1. The first-order valence-corrected chi connectivity index (χ1v) is 8.01. The number of aryl methyl sites for hydroxylation is 2. The first-order valence-electron chi connectivity index (χ1n) is 7.20. The molecule has 0 aliphatic carbocycles. The summed E-state index contributed by atoms with van der Waals surface area (Å²) in [5.41, 5.74) is 10.4. The minimum Gasteiger partial charge on any atom is -0.387 e. The van der Waals surface area contributed by atoms with E-state index in [9.17, 15) is 0 Å². The molecule has 3 rings (SSSR count). The van der Waals surface area contributed by atoms with Crippen LogP contribution in [0.5, 0.6) is 0 Å². The van der Waals surface area contributed by atoms with E-state index in [1.165, 1.54) is 11.3 Å². The van der Waals surface area contributed by atoms with Gasteiger partial charge in [0.25, 0.3) is 0 Å². The molecule has 0 amide bonds. The summed E-state index contributed by atoms with van der Waals surface area (Å²) in [6.45, 7) is 4.04. The molecule has 3 heterocycles. The molecule has 0 unspecified atom stereocenters. The summed E-state index contributed by atoms with van der Waals surface area (Å²) in [4.78, 5) is 18.4. The van der Waals surface area contributed by atoms with Crippen LogP contribution in [0.15, 0.2) is 12.3 Å². The molecule has 0 fully saturated rings. The van der Waals surface area contributed by atoms with Gasteiger partial charge in [-0.05, 0) is 19.4 Å². The molecule has 0 saturated carbocycles. The number of fused-ring (bicyclic) bond motifs is 1. The third-order valence-corrected chi connectivity index (χ3v) is 4.42. The zero-order valence-electron chi connectivity index (χ0n) is 12.8. The second-order valence-corrected chi connectivity index (χ2v) is 6.04. The zero-order chi connectivity index (χ0) is 15.7. The van der Waals surface area contributed by atoms with E-state index in [0.717, 1.165) is 50.8 Å². The van der Waals surface area contributed by atoms with Gasteiger partial charge in [-0.3, -0.25) is 4.98 Å². The molecule has 7 heteroatoms. The normalized spacial score (nSPS) is 11.0. The quantitative estimate of drug-likeness (QED) is 0.769. The third-order valence-electron chi connectivity index (χ3n) is 3.42. The van der Waals surface area contributed by atoms with Crippen molar-refractivity contribution in [3.05, 3.63) is 23.7 Å².